The molecular weight excluding hydrogens is 369 g/mol. The molecule has 140 valence electrons. The Morgan fingerprint density at radius 3 is 2.93 bits per heavy atom. The number of rotatable bonds is 4. The van der Waals surface area contributed by atoms with Gasteiger partial charge in [-0.25, -0.2) is 9.37 Å². The summed E-state index contributed by atoms with van der Waals surface area (Å²) in [7, 11) is 0. The van der Waals surface area contributed by atoms with Gasteiger partial charge in [0.1, 0.15) is 11.9 Å². The van der Waals surface area contributed by atoms with Crippen LogP contribution in [0.5, 0.6) is 0 Å². The van der Waals surface area contributed by atoms with Crippen LogP contribution >= 0.6 is 11.3 Å². The van der Waals surface area contributed by atoms with Gasteiger partial charge in [-0.05, 0) is 37.5 Å². The van der Waals surface area contributed by atoms with E-state index in [0.717, 1.165) is 12.0 Å². The number of aryl methyl sites for hydroxylation is 1. The Kier molecular flexibility index (Phi) is 4.61. The molecule has 0 unspecified atom stereocenters. The number of benzene rings is 1. The summed E-state index contributed by atoms with van der Waals surface area (Å²) < 4.78 is 14.3. The first kappa shape index (κ1) is 17.6. The second kappa shape index (κ2) is 7.07. The van der Waals surface area contributed by atoms with Crippen molar-refractivity contribution in [2.24, 2.45) is 0 Å². The van der Waals surface area contributed by atoms with Crippen LogP contribution in [0, 0.1) is 12.7 Å². The number of hydrogen-bond donors (Lipinski definition) is 1. The third-order valence-corrected chi connectivity index (χ3v) is 5.49. The van der Waals surface area contributed by atoms with Gasteiger partial charge in [-0.2, -0.15) is 4.52 Å². The van der Waals surface area contributed by atoms with Crippen molar-refractivity contribution in [2.45, 2.75) is 32.4 Å². The topological polar surface area (TPSA) is 79.6 Å². The van der Waals surface area contributed by atoms with Crippen LogP contribution in [0.25, 0.3) is 4.96 Å². The second-order valence-corrected chi connectivity index (χ2v) is 7.44. The van der Waals surface area contributed by atoms with E-state index in [1.165, 1.54) is 34.1 Å². The molecule has 0 aliphatic carbocycles. The molecule has 3 aromatic rings. The Bertz CT molecular complexity index is 1050. The minimum atomic E-state index is -0.345. The Labute approximate surface area is 158 Å². The fraction of sp³-hybridized carbons (Fsp3) is 0.333. The smallest absolute Gasteiger partial charge is 0.275 e. The predicted octanol–water partition coefficient (Wildman–Crippen LogP) is 1.88. The van der Waals surface area contributed by atoms with Crippen molar-refractivity contribution >= 4 is 27.3 Å². The van der Waals surface area contributed by atoms with Crippen molar-refractivity contribution in [3.8, 4) is 0 Å². The molecule has 27 heavy (non-hydrogen) atoms. The summed E-state index contributed by atoms with van der Waals surface area (Å²) in [6, 6.07) is 7.14. The minimum Gasteiger partial charge on any atom is -0.350 e. The zero-order valence-electron chi connectivity index (χ0n) is 14.7. The molecule has 1 fully saturated rings. The van der Waals surface area contributed by atoms with Crippen LogP contribution in [-0.2, 0) is 11.3 Å². The summed E-state index contributed by atoms with van der Waals surface area (Å²) in [5, 5.41) is 7.88. The number of carbonyl (C=O) groups excluding carboxylic acids is 1. The van der Waals surface area contributed by atoms with Gasteiger partial charge >= 0.3 is 0 Å². The summed E-state index contributed by atoms with van der Waals surface area (Å²) in [6.45, 7) is 2.80. The van der Waals surface area contributed by atoms with Gasteiger partial charge in [0.25, 0.3) is 5.56 Å². The highest BCUT2D eigenvalue weighted by Gasteiger charge is 2.33. The zero-order valence-corrected chi connectivity index (χ0v) is 15.5. The first-order valence-corrected chi connectivity index (χ1v) is 9.49. The molecule has 0 bridgehead atoms. The van der Waals surface area contributed by atoms with Gasteiger partial charge in [-0.1, -0.05) is 23.5 Å². The molecule has 0 radical (unpaired) electrons. The molecule has 1 aromatic carbocycles. The highest BCUT2D eigenvalue weighted by atomic mass is 32.1. The van der Waals surface area contributed by atoms with Gasteiger partial charge in [-0.3, -0.25) is 9.59 Å². The SMILES string of the molecule is Cc1cc(=O)n2nc(N3CCC[C@@H]3C(=O)NCc3ccc(F)cc3)sc2n1. The number of carbonyl (C=O) groups is 1. The first-order valence-electron chi connectivity index (χ1n) is 8.67. The zero-order chi connectivity index (χ0) is 19.0. The van der Waals surface area contributed by atoms with Gasteiger partial charge in [0.2, 0.25) is 16.0 Å². The van der Waals surface area contributed by atoms with E-state index in [1.807, 2.05) is 4.90 Å². The van der Waals surface area contributed by atoms with Gasteiger partial charge in [0, 0.05) is 24.8 Å². The van der Waals surface area contributed by atoms with E-state index < -0.39 is 0 Å². The quantitative estimate of drug-likeness (QED) is 0.740. The lowest BCUT2D eigenvalue weighted by atomic mass is 10.2. The lowest BCUT2D eigenvalue weighted by molar-refractivity contribution is -0.122. The van der Waals surface area contributed by atoms with E-state index in [9.17, 15) is 14.0 Å². The highest BCUT2D eigenvalue weighted by molar-refractivity contribution is 7.20. The van der Waals surface area contributed by atoms with Gasteiger partial charge < -0.3 is 10.2 Å². The molecule has 3 heterocycles. The fourth-order valence-corrected chi connectivity index (χ4v) is 4.23. The van der Waals surface area contributed by atoms with Crippen molar-refractivity contribution in [3.63, 3.8) is 0 Å². The Morgan fingerprint density at radius 2 is 2.15 bits per heavy atom. The monoisotopic (exact) mass is 387 g/mol. The number of hydrogen-bond acceptors (Lipinski definition) is 6. The number of amides is 1. The summed E-state index contributed by atoms with van der Waals surface area (Å²) in [5.74, 6) is -0.408. The predicted molar refractivity (Wildman–Crippen MR) is 100 cm³/mol. The van der Waals surface area contributed by atoms with Crippen molar-refractivity contribution in [3.05, 3.63) is 57.8 Å². The number of nitrogens with one attached hydrogen (secondary N) is 1. The van der Waals surface area contributed by atoms with Gasteiger partial charge in [0.05, 0.1) is 0 Å². The molecule has 4 rings (SSSR count). The number of anilines is 1. The maximum Gasteiger partial charge on any atom is 0.275 e. The Morgan fingerprint density at radius 1 is 1.37 bits per heavy atom. The van der Waals surface area contributed by atoms with E-state index in [-0.39, 0.29) is 23.3 Å². The third-order valence-electron chi connectivity index (χ3n) is 4.54. The van der Waals surface area contributed by atoms with Crippen LogP contribution in [-0.4, -0.2) is 33.1 Å². The Hall–Kier alpha value is -2.81. The molecule has 1 aliphatic rings. The molecular formula is C18H18FN5O2S. The summed E-state index contributed by atoms with van der Waals surface area (Å²) in [6.07, 6.45) is 1.58. The molecule has 0 saturated carbocycles. The number of nitrogens with zero attached hydrogens (tertiary/aromatic N) is 4. The molecule has 9 heteroatoms. The first-order chi connectivity index (χ1) is 13.0. The average Bonchev–Trinajstić information content (AvgIpc) is 3.27. The van der Waals surface area contributed by atoms with Gasteiger partial charge in [-0.15, -0.1) is 5.10 Å². The van der Waals surface area contributed by atoms with E-state index in [1.54, 1.807) is 19.1 Å². The molecule has 2 aromatic heterocycles. The molecule has 7 nitrogen and oxygen atoms in total. The molecule has 1 N–H and O–H groups in total. The van der Waals surface area contributed by atoms with Crippen LogP contribution in [0.3, 0.4) is 0 Å². The second-order valence-electron chi connectivity index (χ2n) is 6.51. The molecule has 1 saturated heterocycles. The molecule has 1 atom stereocenters. The summed E-state index contributed by atoms with van der Waals surface area (Å²) in [5.41, 5.74) is 1.25. The summed E-state index contributed by atoms with van der Waals surface area (Å²) >= 11 is 1.31. The van der Waals surface area contributed by atoms with E-state index in [0.29, 0.717) is 35.3 Å². The fourth-order valence-electron chi connectivity index (χ4n) is 3.20. The maximum atomic E-state index is 13.0. The normalized spacial score (nSPS) is 16.8. The maximum absolute atomic E-state index is 13.0. The number of aromatic nitrogens is 3. The average molecular weight is 387 g/mol. The lowest BCUT2D eigenvalue weighted by Gasteiger charge is -2.22. The van der Waals surface area contributed by atoms with E-state index in [2.05, 4.69) is 15.4 Å². The largest absolute Gasteiger partial charge is 0.350 e. The number of halogens is 1. The Balaban J connectivity index is 1.51. The lowest BCUT2D eigenvalue weighted by Crippen LogP contribution is -2.43. The minimum absolute atomic E-state index is 0.104. The molecule has 1 amide bonds. The highest BCUT2D eigenvalue weighted by Crippen LogP contribution is 2.29. The molecule has 0 spiro atoms. The molecule has 1 aliphatic heterocycles. The van der Waals surface area contributed by atoms with Crippen LogP contribution in [0.15, 0.2) is 35.1 Å². The van der Waals surface area contributed by atoms with Crippen molar-refractivity contribution < 1.29 is 9.18 Å². The van der Waals surface area contributed by atoms with Crippen molar-refractivity contribution in [1.29, 1.82) is 0 Å². The van der Waals surface area contributed by atoms with E-state index in [4.69, 9.17) is 0 Å². The van der Waals surface area contributed by atoms with Crippen LogP contribution in [0.2, 0.25) is 0 Å². The van der Waals surface area contributed by atoms with Crippen molar-refractivity contribution in [1.82, 2.24) is 19.9 Å². The third kappa shape index (κ3) is 3.55. The standard InChI is InChI=1S/C18H18FN5O2S/c1-11-9-15(25)24-17(21-11)27-18(22-24)23-8-2-3-14(23)16(26)20-10-12-4-6-13(19)7-5-12/h4-7,9,14H,2-3,8,10H2,1H3,(H,20,26)/t14-/m1/s1. The number of fused-ring (bicyclic) bond motifs is 1. The van der Waals surface area contributed by atoms with Crippen molar-refractivity contribution in [2.75, 3.05) is 11.4 Å². The van der Waals surface area contributed by atoms with Crippen LogP contribution < -0.4 is 15.8 Å². The van der Waals surface area contributed by atoms with Crippen LogP contribution in [0.4, 0.5) is 9.52 Å². The van der Waals surface area contributed by atoms with Crippen LogP contribution in [0.1, 0.15) is 24.1 Å². The summed E-state index contributed by atoms with van der Waals surface area (Å²) in [4.78, 5) is 31.5. The van der Waals surface area contributed by atoms with Gasteiger partial charge in [0.15, 0.2) is 0 Å². The van der Waals surface area contributed by atoms with E-state index >= 15 is 0 Å².